The number of hydrogen-bond donors (Lipinski definition) is 2. The third kappa shape index (κ3) is 2.67. The van der Waals surface area contributed by atoms with Gasteiger partial charge in [0.05, 0.1) is 11.0 Å². The molecule has 0 atom stereocenters. The highest BCUT2D eigenvalue weighted by Crippen LogP contribution is 2.20. The lowest BCUT2D eigenvalue weighted by molar-refractivity contribution is -0.135. The Morgan fingerprint density at radius 2 is 1.76 bits per heavy atom. The Hall–Kier alpha value is -2.95. The number of carboxylic acids is 1. The van der Waals surface area contributed by atoms with Gasteiger partial charge in [-0.1, -0.05) is 24.3 Å². The molecule has 0 aliphatic heterocycles. The van der Waals surface area contributed by atoms with Crippen LogP contribution in [0.4, 0.5) is 0 Å². The molecule has 0 bridgehead atoms. The highest BCUT2D eigenvalue weighted by molar-refractivity contribution is 6.00. The summed E-state index contributed by atoms with van der Waals surface area (Å²) in [6.07, 6.45) is 0. The molecule has 2 aromatic carbocycles. The number of pyridine rings is 1. The number of benzene rings is 2. The minimum atomic E-state index is -1.08. The van der Waals surface area contributed by atoms with Crippen LogP contribution in [0.1, 0.15) is 10.4 Å². The Kier molecular flexibility index (Phi) is 3.23. The van der Waals surface area contributed by atoms with Gasteiger partial charge >= 0.3 is 5.97 Å². The summed E-state index contributed by atoms with van der Waals surface area (Å²) in [5.41, 5.74) is 1.95. The van der Waals surface area contributed by atoms with Crippen molar-refractivity contribution in [2.45, 2.75) is 0 Å². The van der Waals surface area contributed by atoms with Crippen molar-refractivity contribution in [1.82, 2.24) is 10.3 Å². The predicted molar refractivity (Wildman–Crippen MR) is 79.2 cm³/mol. The summed E-state index contributed by atoms with van der Waals surface area (Å²) >= 11 is 0. The summed E-state index contributed by atoms with van der Waals surface area (Å²) in [5, 5.41) is 12.9. The van der Waals surface area contributed by atoms with Crippen LogP contribution >= 0.6 is 0 Å². The molecule has 0 aliphatic rings. The molecule has 0 fully saturated rings. The van der Waals surface area contributed by atoms with Gasteiger partial charge < -0.3 is 10.4 Å². The van der Waals surface area contributed by atoms with Crippen LogP contribution in [0.15, 0.2) is 48.5 Å². The summed E-state index contributed by atoms with van der Waals surface area (Å²) in [6, 6.07) is 14.9. The lowest BCUT2D eigenvalue weighted by Crippen LogP contribution is -2.29. The van der Waals surface area contributed by atoms with Gasteiger partial charge in [-0.3, -0.25) is 9.59 Å². The molecule has 21 heavy (non-hydrogen) atoms. The van der Waals surface area contributed by atoms with Crippen LogP contribution in [-0.2, 0) is 4.79 Å². The molecule has 3 rings (SSSR count). The lowest BCUT2D eigenvalue weighted by atomic mass is 10.1. The van der Waals surface area contributed by atoms with Crippen molar-refractivity contribution in [2.75, 3.05) is 6.54 Å². The zero-order valence-corrected chi connectivity index (χ0v) is 11.0. The van der Waals surface area contributed by atoms with E-state index in [9.17, 15) is 9.59 Å². The zero-order valence-electron chi connectivity index (χ0n) is 11.0. The second-order valence-corrected chi connectivity index (χ2v) is 4.66. The first-order valence-electron chi connectivity index (χ1n) is 6.43. The number of aromatic nitrogens is 1. The van der Waals surface area contributed by atoms with Crippen LogP contribution in [0, 0.1) is 0 Å². The van der Waals surface area contributed by atoms with Crippen molar-refractivity contribution < 1.29 is 14.7 Å². The van der Waals surface area contributed by atoms with E-state index in [4.69, 9.17) is 5.11 Å². The summed E-state index contributed by atoms with van der Waals surface area (Å²) in [5.74, 6) is -1.50. The minimum absolute atomic E-state index is 0.395. The maximum absolute atomic E-state index is 11.9. The number of carboxylic acid groups (broad SMARTS) is 1. The maximum atomic E-state index is 11.9. The van der Waals surface area contributed by atoms with E-state index >= 15 is 0 Å². The van der Waals surface area contributed by atoms with E-state index < -0.39 is 18.4 Å². The number of carbonyl (C=O) groups excluding carboxylic acids is 1. The minimum Gasteiger partial charge on any atom is -0.480 e. The van der Waals surface area contributed by atoms with Crippen LogP contribution in [0.2, 0.25) is 0 Å². The molecule has 5 nitrogen and oxygen atoms in total. The molecule has 0 saturated heterocycles. The Morgan fingerprint density at radius 1 is 1.00 bits per heavy atom. The fourth-order valence-electron chi connectivity index (χ4n) is 2.17. The van der Waals surface area contributed by atoms with E-state index in [1.54, 1.807) is 12.1 Å². The number of aliphatic carboxylic acids is 1. The normalized spacial score (nSPS) is 10.7. The first-order valence-corrected chi connectivity index (χ1v) is 6.43. The summed E-state index contributed by atoms with van der Waals surface area (Å²) < 4.78 is 0. The molecule has 0 spiro atoms. The van der Waals surface area contributed by atoms with E-state index in [0.29, 0.717) is 11.1 Å². The number of fused-ring (bicyclic) bond motifs is 2. The average molecular weight is 280 g/mol. The van der Waals surface area contributed by atoms with Crippen molar-refractivity contribution in [2.24, 2.45) is 0 Å². The standard InChI is InChI=1S/C16H12N2O3/c19-15(20)9-17-16(21)12-6-5-11-7-10-3-1-2-4-13(10)18-14(11)8-12/h1-8H,9H2,(H,17,21)(H,19,20). The lowest BCUT2D eigenvalue weighted by Gasteiger charge is -2.05. The van der Waals surface area contributed by atoms with E-state index in [2.05, 4.69) is 10.3 Å². The molecule has 1 aromatic heterocycles. The van der Waals surface area contributed by atoms with Gasteiger partial charge in [-0.2, -0.15) is 0 Å². The van der Waals surface area contributed by atoms with E-state index in [1.807, 2.05) is 36.4 Å². The van der Waals surface area contributed by atoms with Gasteiger partial charge in [0.15, 0.2) is 0 Å². The van der Waals surface area contributed by atoms with Gasteiger partial charge in [0.2, 0.25) is 0 Å². The van der Waals surface area contributed by atoms with Crippen LogP contribution in [0.5, 0.6) is 0 Å². The fraction of sp³-hybridized carbons (Fsp3) is 0.0625. The summed E-state index contributed by atoms with van der Waals surface area (Å²) in [6.45, 7) is -0.401. The summed E-state index contributed by atoms with van der Waals surface area (Å²) in [4.78, 5) is 26.8. The molecule has 1 heterocycles. The highest BCUT2D eigenvalue weighted by atomic mass is 16.4. The highest BCUT2D eigenvalue weighted by Gasteiger charge is 2.08. The van der Waals surface area contributed by atoms with Crippen LogP contribution in [0.3, 0.4) is 0 Å². The van der Waals surface area contributed by atoms with Crippen molar-refractivity contribution in [3.63, 3.8) is 0 Å². The Morgan fingerprint density at radius 3 is 2.57 bits per heavy atom. The average Bonchev–Trinajstić information content (AvgIpc) is 2.50. The van der Waals surface area contributed by atoms with Gasteiger partial charge in [0.1, 0.15) is 6.54 Å². The molecule has 2 N–H and O–H groups in total. The largest absolute Gasteiger partial charge is 0.480 e. The Balaban J connectivity index is 2.01. The van der Waals surface area contributed by atoms with E-state index in [-0.39, 0.29) is 0 Å². The van der Waals surface area contributed by atoms with Crippen LogP contribution < -0.4 is 5.32 Å². The molecule has 0 unspecified atom stereocenters. The number of rotatable bonds is 3. The van der Waals surface area contributed by atoms with Gasteiger partial charge in [0, 0.05) is 16.3 Å². The third-order valence-corrected chi connectivity index (χ3v) is 3.18. The molecule has 5 heteroatoms. The second-order valence-electron chi connectivity index (χ2n) is 4.66. The first kappa shape index (κ1) is 13.1. The molecule has 0 radical (unpaired) electrons. The smallest absolute Gasteiger partial charge is 0.322 e. The van der Waals surface area contributed by atoms with E-state index in [0.717, 1.165) is 16.3 Å². The molecule has 3 aromatic rings. The van der Waals surface area contributed by atoms with Crippen LogP contribution in [0.25, 0.3) is 21.8 Å². The van der Waals surface area contributed by atoms with Crippen LogP contribution in [-0.4, -0.2) is 28.5 Å². The molecule has 0 saturated carbocycles. The number of nitrogens with one attached hydrogen (secondary N) is 1. The predicted octanol–water partition coefficient (Wildman–Crippen LogP) is 2.20. The number of carbonyl (C=O) groups is 2. The van der Waals surface area contributed by atoms with Crippen molar-refractivity contribution >= 4 is 33.7 Å². The van der Waals surface area contributed by atoms with Crippen molar-refractivity contribution in [1.29, 1.82) is 0 Å². The molecular formula is C16H12N2O3. The molecule has 1 amide bonds. The van der Waals surface area contributed by atoms with Gasteiger partial charge in [0.25, 0.3) is 5.91 Å². The monoisotopic (exact) mass is 280 g/mol. The Bertz CT molecular complexity index is 858. The first-order chi connectivity index (χ1) is 10.1. The number of nitrogens with zero attached hydrogens (tertiary/aromatic N) is 1. The second kappa shape index (κ2) is 5.20. The Labute approximate surface area is 120 Å². The SMILES string of the molecule is O=C(O)CNC(=O)c1ccc2cc3ccccc3nc2c1. The third-order valence-electron chi connectivity index (χ3n) is 3.18. The number of para-hydroxylation sites is 1. The molecule has 104 valence electrons. The summed E-state index contributed by atoms with van der Waals surface area (Å²) in [7, 11) is 0. The fourth-order valence-corrected chi connectivity index (χ4v) is 2.17. The van der Waals surface area contributed by atoms with Gasteiger partial charge in [-0.15, -0.1) is 0 Å². The van der Waals surface area contributed by atoms with Crippen molar-refractivity contribution in [3.05, 3.63) is 54.1 Å². The quantitative estimate of drug-likeness (QED) is 0.721. The maximum Gasteiger partial charge on any atom is 0.322 e. The van der Waals surface area contributed by atoms with Gasteiger partial charge in [-0.25, -0.2) is 4.98 Å². The zero-order chi connectivity index (χ0) is 14.8. The molecule has 0 aliphatic carbocycles. The van der Waals surface area contributed by atoms with E-state index in [1.165, 1.54) is 0 Å². The number of amides is 1. The molecular weight excluding hydrogens is 268 g/mol. The topological polar surface area (TPSA) is 79.3 Å². The van der Waals surface area contributed by atoms with Gasteiger partial charge in [-0.05, 0) is 24.3 Å². The number of hydrogen-bond acceptors (Lipinski definition) is 3. The van der Waals surface area contributed by atoms with Crippen molar-refractivity contribution in [3.8, 4) is 0 Å².